The average Bonchev–Trinajstić information content (AvgIpc) is 2.51. The maximum absolute atomic E-state index is 11.6. The molecule has 0 saturated carbocycles. The molecule has 0 aliphatic carbocycles. The standard InChI is InChI=1S/C17H20N2O3/c1-11-8-16(20)19(2)10-14(11)13-6-4-12(5-7-13)9-15(18)17(21)22-3/h4-8,10,15H,9,18H2,1-3H3. The first-order chi connectivity index (χ1) is 10.4. The molecule has 1 heterocycles. The number of pyridine rings is 1. The number of aryl methyl sites for hydroxylation is 2. The van der Waals surface area contributed by atoms with Crippen LogP contribution in [0.4, 0.5) is 0 Å². The number of carbonyl (C=O) groups is 1. The molecule has 116 valence electrons. The first-order valence-corrected chi connectivity index (χ1v) is 7.02. The van der Waals surface area contributed by atoms with E-state index in [2.05, 4.69) is 4.74 Å². The van der Waals surface area contributed by atoms with Crippen molar-refractivity contribution in [2.75, 3.05) is 7.11 Å². The van der Waals surface area contributed by atoms with Crippen molar-refractivity contribution in [3.8, 4) is 11.1 Å². The van der Waals surface area contributed by atoms with Crippen LogP contribution in [0.25, 0.3) is 11.1 Å². The van der Waals surface area contributed by atoms with E-state index >= 15 is 0 Å². The molecule has 0 aliphatic heterocycles. The molecule has 2 N–H and O–H groups in total. The van der Waals surface area contributed by atoms with Gasteiger partial charge in [-0.3, -0.25) is 9.59 Å². The van der Waals surface area contributed by atoms with Crippen LogP contribution < -0.4 is 11.3 Å². The molecule has 1 aromatic carbocycles. The molecular formula is C17H20N2O3. The van der Waals surface area contributed by atoms with E-state index in [1.807, 2.05) is 37.4 Å². The Labute approximate surface area is 129 Å². The summed E-state index contributed by atoms with van der Waals surface area (Å²) in [6, 6.07) is 8.76. The first kappa shape index (κ1) is 16.0. The molecule has 0 saturated heterocycles. The van der Waals surface area contributed by atoms with Gasteiger partial charge in [0.1, 0.15) is 6.04 Å². The lowest BCUT2D eigenvalue weighted by Gasteiger charge is -2.11. The highest BCUT2D eigenvalue weighted by atomic mass is 16.5. The predicted octanol–water partition coefficient (Wildman–Crippen LogP) is 1.40. The SMILES string of the molecule is COC(=O)C(N)Cc1ccc(-c2cn(C)c(=O)cc2C)cc1. The average molecular weight is 300 g/mol. The molecule has 5 heteroatoms. The fourth-order valence-corrected chi connectivity index (χ4v) is 2.34. The van der Waals surface area contributed by atoms with Crippen molar-refractivity contribution in [2.45, 2.75) is 19.4 Å². The fourth-order valence-electron chi connectivity index (χ4n) is 2.34. The normalized spacial score (nSPS) is 12.0. The van der Waals surface area contributed by atoms with Gasteiger partial charge in [0, 0.05) is 24.9 Å². The summed E-state index contributed by atoms with van der Waals surface area (Å²) >= 11 is 0. The largest absolute Gasteiger partial charge is 0.468 e. The molecule has 1 unspecified atom stereocenters. The molecule has 0 radical (unpaired) electrons. The summed E-state index contributed by atoms with van der Waals surface area (Å²) < 4.78 is 6.18. The molecule has 1 atom stereocenters. The van der Waals surface area contributed by atoms with Crippen LogP contribution in [-0.4, -0.2) is 23.7 Å². The molecule has 0 amide bonds. The lowest BCUT2D eigenvalue weighted by atomic mass is 9.99. The lowest BCUT2D eigenvalue weighted by molar-refractivity contribution is -0.142. The maximum Gasteiger partial charge on any atom is 0.322 e. The highest BCUT2D eigenvalue weighted by Gasteiger charge is 2.14. The van der Waals surface area contributed by atoms with Crippen LogP contribution in [0.3, 0.4) is 0 Å². The van der Waals surface area contributed by atoms with Gasteiger partial charge in [-0.15, -0.1) is 0 Å². The number of nitrogens with two attached hydrogens (primary N) is 1. The molecule has 22 heavy (non-hydrogen) atoms. The number of aromatic nitrogens is 1. The van der Waals surface area contributed by atoms with Crippen molar-refractivity contribution >= 4 is 5.97 Å². The van der Waals surface area contributed by atoms with Gasteiger partial charge in [0.15, 0.2) is 0 Å². The summed E-state index contributed by atoms with van der Waals surface area (Å²) in [5.74, 6) is -0.419. The second kappa shape index (κ2) is 6.58. The first-order valence-electron chi connectivity index (χ1n) is 7.02. The second-order valence-electron chi connectivity index (χ2n) is 5.35. The van der Waals surface area contributed by atoms with Gasteiger partial charge in [-0.2, -0.15) is 0 Å². The Morgan fingerprint density at radius 2 is 1.95 bits per heavy atom. The summed E-state index contributed by atoms with van der Waals surface area (Å²) in [6.45, 7) is 1.91. The van der Waals surface area contributed by atoms with Gasteiger partial charge in [0.2, 0.25) is 0 Å². The number of methoxy groups -OCH3 is 1. The zero-order valence-corrected chi connectivity index (χ0v) is 13.0. The van der Waals surface area contributed by atoms with Gasteiger partial charge in [-0.05, 0) is 30.0 Å². The zero-order valence-electron chi connectivity index (χ0n) is 13.0. The van der Waals surface area contributed by atoms with Crippen LogP contribution in [0.5, 0.6) is 0 Å². The van der Waals surface area contributed by atoms with E-state index in [0.717, 1.165) is 22.3 Å². The lowest BCUT2D eigenvalue weighted by Crippen LogP contribution is -2.33. The fraction of sp³-hybridized carbons (Fsp3) is 0.294. The molecule has 0 fully saturated rings. The molecule has 1 aromatic heterocycles. The van der Waals surface area contributed by atoms with E-state index in [1.54, 1.807) is 17.7 Å². The van der Waals surface area contributed by atoms with E-state index in [0.29, 0.717) is 6.42 Å². The number of esters is 1. The predicted molar refractivity (Wildman–Crippen MR) is 85.6 cm³/mol. The topological polar surface area (TPSA) is 74.3 Å². The summed E-state index contributed by atoms with van der Waals surface area (Å²) in [4.78, 5) is 22.9. The summed E-state index contributed by atoms with van der Waals surface area (Å²) in [5, 5.41) is 0. The highest BCUT2D eigenvalue weighted by molar-refractivity contribution is 5.75. The minimum absolute atomic E-state index is 0.0260. The number of hydrogen-bond acceptors (Lipinski definition) is 4. The van der Waals surface area contributed by atoms with Gasteiger partial charge in [-0.1, -0.05) is 24.3 Å². The van der Waals surface area contributed by atoms with Crippen molar-refractivity contribution in [3.05, 3.63) is 58.0 Å². The highest BCUT2D eigenvalue weighted by Crippen LogP contribution is 2.22. The third-order valence-corrected chi connectivity index (χ3v) is 3.66. The molecule has 0 aliphatic rings. The smallest absolute Gasteiger partial charge is 0.322 e. The van der Waals surface area contributed by atoms with E-state index < -0.39 is 12.0 Å². The Morgan fingerprint density at radius 1 is 1.32 bits per heavy atom. The van der Waals surface area contributed by atoms with Crippen LogP contribution in [0.2, 0.25) is 0 Å². The number of nitrogens with zero attached hydrogens (tertiary/aromatic N) is 1. The summed E-state index contributed by atoms with van der Waals surface area (Å²) in [5.41, 5.74) is 9.65. The molecule has 0 spiro atoms. The number of benzene rings is 1. The van der Waals surface area contributed by atoms with Crippen LogP contribution in [0, 0.1) is 6.92 Å². The molecule has 0 bridgehead atoms. The van der Waals surface area contributed by atoms with E-state index in [-0.39, 0.29) is 5.56 Å². The zero-order chi connectivity index (χ0) is 16.3. The summed E-state index contributed by atoms with van der Waals surface area (Å²) in [7, 11) is 3.06. The van der Waals surface area contributed by atoms with Gasteiger partial charge >= 0.3 is 5.97 Å². The second-order valence-corrected chi connectivity index (χ2v) is 5.35. The molecule has 2 rings (SSSR count). The van der Waals surface area contributed by atoms with E-state index in [9.17, 15) is 9.59 Å². The minimum atomic E-state index is -0.657. The van der Waals surface area contributed by atoms with Crippen LogP contribution in [0.1, 0.15) is 11.1 Å². The molecular weight excluding hydrogens is 280 g/mol. The van der Waals surface area contributed by atoms with E-state index in [4.69, 9.17) is 5.73 Å². The minimum Gasteiger partial charge on any atom is -0.468 e. The van der Waals surface area contributed by atoms with Crippen molar-refractivity contribution < 1.29 is 9.53 Å². The number of ether oxygens (including phenoxy) is 1. The number of hydrogen-bond donors (Lipinski definition) is 1. The van der Waals surface area contributed by atoms with Gasteiger partial charge in [0.25, 0.3) is 5.56 Å². The monoisotopic (exact) mass is 300 g/mol. The third-order valence-electron chi connectivity index (χ3n) is 3.66. The third kappa shape index (κ3) is 3.43. The quantitative estimate of drug-likeness (QED) is 0.866. The Bertz CT molecular complexity index is 733. The summed E-state index contributed by atoms with van der Waals surface area (Å²) in [6.07, 6.45) is 2.26. The maximum atomic E-state index is 11.6. The Morgan fingerprint density at radius 3 is 2.55 bits per heavy atom. The molecule has 2 aromatic rings. The Kier molecular flexibility index (Phi) is 4.78. The van der Waals surface area contributed by atoms with Gasteiger partial charge in [-0.25, -0.2) is 0 Å². The Hall–Kier alpha value is -2.40. The molecule has 5 nitrogen and oxygen atoms in total. The van der Waals surface area contributed by atoms with Gasteiger partial charge in [0.05, 0.1) is 7.11 Å². The van der Waals surface area contributed by atoms with Crippen LogP contribution in [-0.2, 0) is 23.0 Å². The van der Waals surface area contributed by atoms with Crippen molar-refractivity contribution in [1.29, 1.82) is 0 Å². The number of carbonyl (C=O) groups excluding carboxylic acids is 1. The number of rotatable bonds is 4. The van der Waals surface area contributed by atoms with Crippen molar-refractivity contribution in [2.24, 2.45) is 12.8 Å². The van der Waals surface area contributed by atoms with Crippen LogP contribution in [0.15, 0.2) is 41.3 Å². The van der Waals surface area contributed by atoms with Crippen molar-refractivity contribution in [3.63, 3.8) is 0 Å². The van der Waals surface area contributed by atoms with E-state index in [1.165, 1.54) is 7.11 Å². The van der Waals surface area contributed by atoms with Crippen LogP contribution >= 0.6 is 0 Å². The Balaban J connectivity index is 2.24. The van der Waals surface area contributed by atoms with Crippen molar-refractivity contribution in [1.82, 2.24) is 4.57 Å². The van der Waals surface area contributed by atoms with Gasteiger partial charge < -0.3 is 15.0 Å².